The number of carbonyl (C=O) groups excluding carboxylic acids is 3. The van der Waals surface area contributed by atoms with Crippen LogP contribution in [0.1, 0.15) is 51.4 Å². The highest BCUT2D eigenvalue weighted by molar-refractivity contribution is 6.01. The number of likely N-dealkylation sites (tertiary alicyclic amines) is 1. The number of hydrogen-bond acceptors (Lipinski definition) is 10. The fraction of sp³-hybridized carbons (Fsp3) is 0.442. The number of pyridine rings is 1. The molecule has 3 saturated heterocycles. The van der Waals surface area contributed by atoms with Crippen molar-refractivity contribution < 1.29 is 27.6 Å². The fourth-order valence-electron chi connectivity index (χ4n) is 8.73. The van der Waals surface area contributed by atoms with Crippen LogP contribution in [0.3, 0.4) is 0 Å². The van der Waals surface area contributed by atoms with Gasteiger partial charge in [0.1, 0.15) is 23.2 Å². The molecule has 4 aliphatic rings. The van der Waals surface area contributed by atoms with Gasteiger partial charge in [-0.3, -0.25) is 34.0 Å². The lowest BCUT2D eigenvalue weighted by Crippen LogP contribution is -2.54. The molecule has 2 aromatic carbocycles. The zero-order valence-electron chi connectivity index (χ0n) is 32.7. The van der Waals surface area contributed by atoms with E-state index < -0.39 is 29.3 Å². The van der Waals surface area contributed by atoms with E-state index in [1.807, 2.05) is 9.80 Å². The Morgan fingerprint density at radius 3 is 2.36 bits per heavy atom. The molecule has 8 rings (SSSR count). The Morgan fingerprint density at radius 1 is 0.847 bits per heavy atom. The maximum Gasteiger partial charge on any atom is 0.255 e. The van der Waals surface area contributed by atoms with Crippen LogP contribution in [0, 0.1) is 17.6 Å². The van der Waals surface area contributed by atoms with Crippen molar-refractivity contribution in [1.82, 2.24) is 29.7 Å². The summed E-state index contributed by atoms with van der Waals surface area (Å²) in [4.78, 5) is 63.9. The molecular formula is C43H48F3N9O4. The molecule has 4 aromatic rings. The lowest BCUT2D eigenvalue weighted by molar-refractivity contribution is -0.139. The number of imide groups is 1. The van der Waals surface area contributed by atoms with Crippen molar-refractivity contribution in [2.24, 2.45) is 5.92 Å². The highest BCUT2D eigenvalue weighted by Gasteiger charge is 2.40. The van der Waals surface area contributed by atoms with E-state index >= 15 is 8.78 Å². The Balaban J connectivity index is 0.776. The third kappa shape index (κ3) is 9.27. The molecule has 1 saturated carbocycles. The van der Waals surface area contributed by atoms with Crippen LogP contribution < -0.4 is 26.4 Å². The molecule has 3 amide bonds. The molecule has 16 heteroatoms. The van der Waals surface area contributed by atoms with Crippen molar-refractivity contribution in [3.63, 3.8) is 0 Å². The number of piperidine rings is 2. The lowest BCUT2D eigenvalue weighted by atomic mass is 9.84. The molecule has 5 heterocycles. The highest BCUT2D eigenvalue weighted by Crippen LogP contribution is 2.33. The van der Waals surface area contributed by atoms with Crippen LogP contribution in [-0.4, -0.2) is 106 Å². The van der Waals surface area contributed by atoms with Gasteiger partial charge in [0.2, 0.25) is 23.7 Å². The summed E-state index contributed by atoms with van der Waals surface area (Å²) in [6.45, 7) is 3.23. The summed E-state index contributed by atoms with van der Waals surface area (Å²) < 4.78 is 47.8. The van der Waals surface area contributed by atoms with E-state index in [1.54, 1.807) is 54.7 Å². The Morgan fingerprint density at radius 2 is 1.63 bits per heavy atom. The Hall–Kier alpha value is -5.77. The smallest absolute Gasteiger partial charge is 0.255 e. The van der Waals surface area contributed by atoms with Gasteiger partial charge in [-0.15, -0.1) is 0 Å². The molecule has 0 radical (unpaired) electrons. The number of anilines is 3. The van der Waals surface area contributed by atoms with Gasteiger partial charge in [0, 0.05) is 106 Å². The van der Waals surface area contributed by atoms with Gasteiger partial charge in [-0.2, -0.15) is 0 Å². The first-order valence-corrected chi connectivity index (χ1v) is 20.4. The van der Waals surface area contributed by atoms with Gasteiger partial charge in [0.25, 0.3) is 5.56 Å². The number of halogens is 3. The van der Waals surface area contributed by atoms with Crippen molar-refractivity contribution in [3.8, 4) is 16.9 Å². The van der Waals surface area contributed by atoms with Crippen LogP contribution in [0.15, 0.2) is 77.9 Å². The van der Waals surface area contributed by atoms with Crippen LogP contribution in [0.5, 0.6) is 0 Å². The molecule has 13 nitrogen and oxygen atoms in total. The van der Waals surface area contributed by atoms with Crippen molar-refractivity contribution in [1.29, 1.82) is 0 Å². The van der Waals surface area contributed by atoms with Crippen molar-refractivity contribution >= 4 is 35.0 Å². The SMILES string of the molecule is O=C1CCC(Nc2ccc(N3CCN(CC4(F)CCN(C(=O)[C@H]5CC[C@H](Nc6ncc(F)c(-c7cccc(-n8ccccc8=O)c7)n6)CC5)CC4)CC3)c(F)c2)C(=O)N1. The lowest BCUT2D eigenvalue weighted by Gasteiger charge is -2.43. The Bertz CT molecular complexity index is 2250. The molecule has 0 bridgehead atoms. The van der Waals surface area contributed by atoms with Crippen LogP contribution >= 0.6 is 0 Å². The number of rotatable bonds is 10. The summed E-state index contributed by atoms with van der Waals surface area (Å²) in [6, 6.07) is 16.0. The third-order valence-electron chi connectivity index (χ3n) is 12.1. The standard InChI is InChI=1S/C43H48F3N9O4/c44-33-25-31(48-35-12-14-37(56)50-40(35)58)11-13-36(33)53-22-20-52(21-23-53)27-43(46)15-18-54(19-16-43)41(59)28-7-9-30(10-8-28)49-42-47-26-34(45)39(51-42)29-4-3-5-32(24-29)55-17-2-1-6-38(55)57/h1-6,11,13,17,24-26,28,30,35,48H,7-10,12,14-16,18-23,27H2,(H,47,49,51)(H,50,56,58)/t28-,30-,35?. The maximum atomic E-state index is 16.2. The first-order valence-electron chi connectivity index (χ1n) is 20.4. The van der Waals surface area contributed by atoms with E-state index in [0.29, 0.717) is 94.0 Å². The third-order valence-corrected chi connectivity index (χ3v) is 12.1. The maximum absolute atomic E-state index is 16.2. The molecule has 310 valence electrons. The van der Waals surface area contributed by atoms with Crippen molar-refractivity contribution in [2.45, 2.75) is 69.1 Å². The molecular weight excluding hydrogens is 764 g/mol. The summed E-state index contributed by atoms with van der Waals surface area (Å²) in [6.07, 6.45) is 6.64. The molecule has 1 atom stereocenters. The molecule has 4 fully saturated rings. The van der Waals surface area contributed by atoms with Crippen molar-refractivity contribution in [3.05, 3.63) is 95.0 Å². The number of nitrogens with one attached hydrogen (secondary N) is 3. The fourth-order valence-corrected chi connectivity index (χ4v) is 8.73. The van der Waals surface area contributed by atoms with Gasteiger partial charge in [-0.05, 0) is 68.5 Å². The number of hydrogen-bond donors (Lipinski definition) is 3. The average molecular weight is 812 g/mol. The van der Waals surface area contributed by atoms with E-state index in [-0.39, 0.29) is 66.8 Å². The van der Waals surface area contributed by atoms with Gasteiger partial charge in [-0.1, -0.05) is 18.2 Å². The summed E-state index contributed by atoms with van der Waals surface area (Å²) >= 11 is 0. The summed E-state index contributed by atoms with van der Waals surface area (Å²) in [5.74, 6) is -1.52. The average Bonchev–Trinajstić information content (AvgIpc) is 3.23. The molecule has 3 N–H and O–H groups in total. The minimum atomic E-state index is -1.41. The number of alkyl halides is 1. The van der Waals surface area contributed by atoms with Crippen LogP contribution in [0.4, 0.5) is 30.5 Å². The van der Waals surface area contributed by atoms with E-state index in [1.165, 1.54) is 16.7 Å². The van der Waals surface area contributed by atoms with E-state index in [4.69, 9.17) is 0 Å². The molecule has 59 heavy (non-hydrogen) atoms. The van der Waals surface area contributed by atoms with Crippen LogP contribution in [-0.2, 0) is 14.4 Å². The van der Waals surface area contributed by atoms with Crippen LogP contribution in [0.25, 0.3) is 16.9 Å². The van der Waals surface area contributed by atoms with Crippen molar-refractivity contribution in [2.75, 3.05) is 61.3 Å². The normalized spacial score (nSPS) is 22.5. The highest BCUT2D eigenvalue weighted by atomic mass is 19.1. The molecule has 3 aliphatic heterocycles. The molecule has 1 unspecified atom stereocenters. The van der Waals surface area contributed by atoms with Crippen LogP contribution in [0.2, 0.25) is 0 Å². The largest absolute Gasteiger partial charge is 0.374 e. The second-order valence-corrected chi connectivity index (χ2v) is 16.1. The molecule has 0 spiro atoms. The number of benzene rings is 2. The van der Waals surface area contributed by atoms with E-state index in [9.17, 15) is 23.6 Å². The zero-order valence-corrected chi connectivity index (χ0v) is 32.7. The van der Waals surface area contributed by atoms with Gasteiger partial charge in [0.15, 0.2) is 5.82 Å². The quantitative estimate of drug-likeness (QED) is 0.189. The van der Waals surface area contributed by atoms with Gasteiger partial charge >= 0.3 is 0 Å². The van der Waals surface area contributed by atoms with E-state index in [0.717, 1.165) is 6.20 Å². The number of amides is 3. The monoisotopic (exact) mass is 811 g/mol. The molecule has 1 aliphatic carbocycles. The minimum Gasteiger partial charge on any atom is -0.374 e. The number of piperazine rings is 1. The number of nitrogens with zero attached hydrogens (tertiary/aromatic N) is 6. The summed E-state index contributed by atoms with van der Waals surface area (Å²) in [7, 11) is 0. The predicted molar refractivity (Wildman–Crippen MR) is 217 cm³/mol. The summed E-state index contributed by atoms with van der Waals surface area (Å²) in [5, 5.41) is 8.63. The summed E-state index contributed by atoms with van der Waals surface area (Å²) in [5.41, 5.74) is 0.516. The van der Waals surface area contributed by atoms with E-state index in [2.05, 4.69) is 30.8 Å². The first kappa shape index (κ1) is 40.0. The molecule has 2 aromatic heterocycles. The Labute approximate surface area is 340 Å². The topological polar surface area (TPSA) is 145 Å². The second-order valence-electron chi connectivity index (χ2n) is 16.1. The second kappa shape index (κ2) is 17.2. The first-order chi connectivity index (χ1) is 28.5. The minimum absolute atomic E-state index is 0.00441. The van der Waals surface area contributed by atoms with Gasteiger partial charge in [-0.25, -0.2) is 23.1 Å². The Kier molecular flexibility index (Phi) is 11.7. The zero-order chi connectivity index (χ0) is 41.1. The van der Waals surface area contributed by atoms with Gasteiger partial charge < -0.3 is 20.4 Å². The predicted octanol–water partition coefficient (Wildman–Crippen LogP) is 4.91. The number of carbonyl (C=O) groups is 3. The number of aromatic nitrogens is 3. The van der Waals surface area contributed by atoms with Gasteiger partial charge in [0.05, 0.1) is 11.9 Å².